The molecular formula is C10H15BrN2O2. The first-order chi connectivity index (χ1) is 7.24. The van der Waals surface area contributed by atoms with E-state index in [-0.39, 0.29) is 6.61 Å². The summed E-state index contributed by atoms with van der Waals surface area (Å²) in [4.78, 5) is 4.23. The van der Waals surface area contributed by atoms with Gasteiger partial charge in [0.2, 0.25) is 0 Å². The zero-order valence-electron chi connectivity index (χ0n) is 8.66. The fraction of sp³-hybridized carbons (Fsp3) is 0.500. The molecule has 0 unspecified atom stereocenters. The van der Waals surface area contributed by atoms with E-state index in [1.54, 1.807) is 6.20 Å². The molecule has 4 nitrogen and oxygen atoms in total. The van der Waals surface area contributed by atoms with Gasteiger partial charge in [-0.15, -0.1) is 0 Å². The summed E-state index contributed by atoms with van der Waals surface area (Å²) in [6.45, 7) is 3.70. The maximum atomic E-state index is 8.49. The highest BCUT2D eigenvalue weighted by Crippen LogP contribution is 2.16. The van der Waals surface area contributed by atoms with Gasteiger partial charge in [0.05, 0.1) is 19.8 Å². The number of aliphatic hydroxyl groups excluding tert-OH is 1. The second-order valence-corrected chi connectivity index (χ2v) is 4.00. The summed E-state index contributed by atoms with van der Waals surface area (Å²) in [7, 11) is 0. The molecule has 1 heterocycles. The lowest BCUT2D eigenvalue weighted by Gasteiger charge is -2.08. The van der Waals surface area contributed by atoms with E-state index in [2.05, 4.69) is 26.2 Å². The predicted octanol–water partition coefficient (Wildman–Crippen LogP) is 1.57. The summed E-state index contributed by atoms with van der Waals surface area (Å²) in [6, 6.07) is 2.00. The van der Waals surface area contributed by atoms with Crippen LogP contribution < -0.4 is 5.32 Å². The number of pyridine rings is 1. The van der Waals surface area contributed by atoms with Crippen molar-refractivity contribution in [2.45, 2.75) is 6.92 Å². The number of halogens is 1. The van der Waals surface area contributed by atoms with E-state index in [0.29, 0.717) is 19.8 Å². The molecule has 5 heteroatoms. The Morgan fingerprint density at radius 1 is 1.53 bits per heavy atom. The summed E-state index contributed by atoms with van der Waals surface area (Å²) in [6.07, 6.45) is 1.75. The monoisotopic (exact) mass is 274 g/mol. The van der Waals surface area contributed by atoms with Crippen molar-refractivity contribution in [2.24, 2.45) is 0 Å². The van der Waals surface area contributed by atoms with E-state index >= 15 is 0 Å². The summed E-state index contributed by atoms with van der Waals surface area (Å²) in [5.74, 6) is 0.866. The minimum absolute atomic E-state index is 0.0650. The van der Waals surface area contributed by atoms with E-state index in [0.717, 1.165) is 15.9 Å². The second kappa shape index (κ2) is 6.76. The summed E-state index contributed by atoms with van der Waals surface area (Å²) >= 11 is 3.36. The highest BCUT2D eigenvalue weighted by Gasteiger charge is 1.99. The molecule has 0 saturated heterocycles. The first-order valence-corrected chi connectivity index (χ1v) is 5.58. The van der Waals surface area contributed by atoms with Gasteiger partial charge >= 0.3 is 0 Å². The van der Waals surface area contributed by atoms with Crippen LogP contribution in [0.2, 0.25) is 0 Å². The van der Waals surface area contributed by atoms with Crippen LogP contribution >= 0.6 is 15.9 Å². The van der Waals surface area contributed by atoms with Gasteiger partial charge in [-0.25, -0.2) is 4.98 Å². The van der Waals surface area contributed by atoms with Gasteiger partial charge in [-0.3, -0.25) is 0 Å². The Bertz CT molecular complexity index is 307. The fourth-order valence-electron chi connectivity index (χ4n) is 1.13. The third-order valence-corrected chi connectivity index (χ3v) is 2.25. The number of aliphatic hydroxyl groups is 1. The highest BCUT2D eigenvalue weighted by atomic mass is 79.9. The molecule has 15 heavy (non-hydrogen) atoms. The van der Waals surface area contributed by atoms with E-state index in [4.69, 9.17) is 9.84 Å². The molecule has 1 aromatic rings. The SMILES string of the molecule is Cc1cc(Br)cnc1NCCOCCO. The van der Waals surface area contributed by atoms with Crippen LogP contribution in [0.5, 0.6) is 0 Å². The van der Waals surface area contributed by atoms with E-state index < -0.39 is 0 Å². The maximum absolute atomic E-state index is 8.49. The van der Waals surface area contributed by atoms with Crippen LogP contribution in [0.3, 0.4) is 0 Å². The number of nitrogens with zero attached hydrogens (tertiary/aromatic N) is 1. The van der Waals surface area contributed by atoms with Crippen molar-refractivity contribution in [3.05, 3.63) is 22.3 Å². The van der Waals surface area contributed by atoms with Crippen LogP contribution in [-0.4, -0.2) is 36.5 Å². The van der Waals surface area contributed by atoms with Gasteiger partial charge in [0, 0.05) is 17.2 Å². The van der Waals surface area contributed by atoms with Crippen LogP contribution in [0.4, 0.5) is 5.82 Å². The smallest absolute Gasteiger partial charge is 0.128 e. The third kappa shape index (κ3) is 4.59. The molecule has 0 aliphatic rings. The molecule has 0 radical (unpaired) electrons. The second-order valence-electron chi connectivity index (χ2n) is 3.08. The van der Waals surface area contributed by atoms with Gasteiger partial charge in [-0.05, 0) is 34.5 Å². The van der Waals surface area contributed by atoms with Crippen LogP contribution in [0.15, 0.2) is 16.7 Å². The van der Waals surface area contributed by atoms with Crippen molar-refractivity contribution in [3.8, 4) is 0 Å². The van der Waals surface area contributed by atoms with Crippen LogP contribution in [0.1, 0.15) is 5.56 Å². The van der Waals surface area contributed by atoms with Crippen LogP contribution in [0, 0.1) is 6.92 Å². The number of hydrogen-bond acceptors (Lipinski definition) is 4. The quantitative estimate of drug-likeness (QED) is 0.774. The Morgan fingerprint density at radius 3 is 3.00 bits per heavy atom. The van der Waals surface area contributed by atoms with Gasteiger partial charge < -0.3 is 15.2 Å². The first-order valence-electron chi connectivity index (χ1n) is 4.78. The van der Waals surface area contributed by atoms with Crippen molar-refractivity contribution in [1.82, 2.24) is 4.98 Å². The van der Waals surface area contributed by atoms with Gasteiger partial charge in [0.25, 0.3) is 0 Å². The van der Waals surface area contributed by atoms with Crippen molar-refractivity contribution >= 4 is 21.7 Å². The zero-order chi connectivity index (χ0) is 11.1. The van der Waals surface area contributed by atoms with Gasteiger partial charge in [-0.2, -0.15) is 0 Å². The number of hydrogen-bond donors (Lipinski definition) is 2. The molecule has 0 aromatic carbocycles. The van der Waals surface area contributed by atoms with Gasteiger partial charge in [0.1, 0.15) is 5.82 Å². The molecule has 0 spiro atoms. The highest BCUT2D eigenvalue weighted by molar-refractivity contribution is 9.10. The maximum Gasteiger partial charge on any atom is 0.128 e. The molecule has 0 atom stereocenters. The third-order valence-electron chi connectivity index (χ3n) is 1.82. The summed E-state index contributed by atoms with van der Waals surface area (Å²) < 4.78 is 6.09. The Balaban J connectivity index is 2.31. The van der Waals surface area contributed by atoms with Gasteiger partial charge in [0.15, 0.2) is 0 Å². The number of aromatic nitrogens is 1. The van der Waals surface area contributed by atoms with E-state index in [1.807, 2.05) is 13.0 Å². The van der Waals surface area contributed by atoms with Crippen molar-refractivity contribution in [3.63, 3.8) is 0 Å². The van der Waals surface area contributed by atoms with Crippen molar-refractivity contribution in [1.29, 1.82) is 0 Å². The Morgan fingerprint density at radius 2 is 2.33 bits per heavy atom. The number of rotatable bonds is 6. The molecule has 0 aliphatic carbocycles. The molecule has 0 aliphatic heterocycles. The minimum Gasteiger partial charge on any atom is -0.394 e. The molecule has 0 amide bonds. The molecular weight excluding hydrogens is 260 g/mol. The normalized spacial score (nSPS) is 10.3. The molecule has 84 valence electrons. The van der Waals surface area contributed by atoms with E-state index in [9.17, 15) is 0 Å². The largest absolute Gasteiger partial charge is 0.394 e. The fourth-order valence-corrected chi connectivity index (χ4v) is 1.58. The van der Waals surface area contributed by atoms with Crippen molar-refractivity contribution in [2.75, 3.05) is 31.7 Å². The first kappa shape index (κ1) is 12.4. The Labute approximate surface area is 97.8 Å². The molecule has 1 rings (SSSR count). The predicted molar refractivity (Wildman–Crippen MR) is 63.1 cm³/mol. The molecule has 0 fully saturated rings. The van der Waals surface area contributed by atoms with Crippen LogP contribution in [-0.2, 0) is 4.74 Å². The average molecular weight is 275 g/mol. The number of ether oxygens (including phenoxy) is 1. The number of aryl methyl sites for hydroxylation is 1. The minimum atomic E-state index is 0.0650. The lowest BCUT2D eigenvalue weighted by atomic mass is 10.3. The molecule has 0 bridgehead atoms. The summed E-state index contributed by atoms with van der Waals surface area (Å²) in [5.41, 5.74) is 1.09. The summed E-state index contributed by atoms with van der Waals surface area (Å²) in [5, 5.41) is 11.7. The lowest BCUT2D eigenvalue weighted by molar-refractivity contribution is 0.0992. The number of anilines is 1. The molecule has 0 saturated carbocycles. The topological polar surface area (TPSA) is 54.4 Å². The molecule has 2 N–H and O–H groups in total. The van der Waals surface area contributed by atoms with Crippen molar-refractivity contribution < 1.29 is 9.84 Å². The van der Waals surface area contributed by atoms with Crippen LogP contribution in [0.25, 0.3) is 0 Å². The van der Waals surface area contributed by atoms with Gasteiger partial charge in [-0.1, -0.05) is 0 Å². The average Bonchev–Trinajstić information content (AvgIpc) is 2.20. The lowest BCUT2D eigenvalue weighted by Crippen LogP contribution is -2.12. The zero-order valence-corrected chi connectivity index (χ0v) is 10.2. The Hall–Kier alpha value is -0.650. The Kier molecular flexibility index (Phi) is 5.60. The molecule has 1 aromatic heterocycles. The standard InChI is InChI=1S/C10H15BrN2O2/c1-8-6-9(11)7-13-10(8)12-2-4-15-5-3-14/h6-7,14H,2-5H2,1H3,(H,12,13). The van der Waals surface area contributed by atoms with E-state index in [1.165, 1.54) is 0 Å². The number of nitrogens with one attached hydrogen (secondary N) is 1.